The Kier molecular flexibility index (Phi) is 8.79. The van der Waals surface area contributed by atoms with Gasteiger partial charge in [0.2, 0.25) is 0 Å². The van der Waals surface area contributed by atoms with Gasteiger partial charge in [-0.3, -0.25) is 4.90 Å². The second kappa shape index (κ2) is 9.78. The summed E-state index contributed by atoms with van der Waals surface area (Å²) in [4.78, 5) is 2.43. The molecule has 120 valence electrons. The minimum atomic E-state index is -0.0839. The molecule has 1 heterocycles. The van der Waals surface area contributed by atoms with Crippen molar-refractivity contribution in [2.24, 2.45) is 0 Å². The van der Waals surface area contributed by atoms with E-state index in [0.717, 1.165) is 42.6 Å². The summed E-state index contributed by atoms with van der Waals surface area (Å²) in [6, 6.07) is 5.70. The molecule has 0 amide bonds. The van der Waals surface area contributed by atoms with E-state index >= 15 is 0 Å². The number of nitrogens with zero attached hydrogens (tertiary/aromatic N) is 1. The first-order chi connectivity index (χ1) is 9.72. The third kappa shape index (κ3) is 5.51. The molecule has 21 heavy (non-hydrogen) atoms. The summed E-state index contributed by atoms with van der Waals surface area (Å²) >= 11 is 3.34. The van der Waals surface area contributed by atoms with Crippen molar-refractivity contribution in [2.45, 2.75) is 38.6 Å². The number of benzene rings is 1. The predicted molar refractivity (Wildman–Crippen MR) is 92.7 cm³/mol. The van der Waals surface area contributed by atoms with Gasteiger partial charge in [0.25, 0.3) is 0 Å². The van der Waals surface area contributed by atoms with Crippen LogP contribution in [0.25, 0.3) is 0 Å². The summed E-state index contributed by atoms with van der Waals surface area (Å²) in [5, 5.41) is 3.37. The molecule has 1 aliphatic heterocycles. The van der Waals surface area contributed by atoms with Gasteiger partial charge in [-0.2, -0.15) is 0 Å². The number of rotatable bonds is 6. The molecule has 1 atom stereocenters. The number of halogens is 3. The minimum Gasteiger partial charge on any atom is -0.314 e. The van der Waals surface area contributed by atoms with Crippen molar-refractivity contribution in [2.75, 3.05) is 26.2 Å². The van der Waals surface area contributed by atoms with Crippen molar-refractivity contribution in [3.63, 3.8) is 0 Å². The maximum Gasteiger partial charge on any atom is 0.129 e. The Hall–Kier alpha value is -0.160. The Bertz CT molecular complexity index is 425. The quantitative estimate of drug-likeness (QED) is 0.730. The van der Waals surface area contributed by atoms with Crippen LogP contribution in [0.5, 0.6) is 0 Å². The Labute approximate surface area is 142 Å². The highest BCUT2D eigenvalue weighted by Crippen LogP contribution is 2.30. The Morgan fingerprint density at radius 1 is 1.29 bits per heavy atom. The van der Waals surface area contributed by atoms with Crippen LogP contribution in [-0.4, -0.2) is 31.1 Å². The molecule has 0 radical (unpaired) electrons. The Morgan fingerprint density at radius 2 is 2.00 bits per heavy atom. The summed E-state index contributed by atoms with van der Waals surface area (Å²) in [6.07, 6.45) is 4.64. The van der Waals surface area contributed by atoms with Crippen LogP contribution in [0, 0.1) is 5.82 Å². The largest absolute Gasteiger partial charge is 0.314 e. The van der Waals surface area contributed by atoms with Crippen LogP contribution in [0.2, 0.25) is 0 Å². The molecule has 1 aliphatic rings. The smallest absolute Gasteiger partial charge is 0.129 e. The minimum absolute atomic E-state index is 0. The Morgan fingerprint density at radius 3 is 2.62 bits per heavy atom. The van der Waals surface area contributed by atoms with Crippen molar-refractivity contribution in [3.05, 3.63) is 34.1 Å². The zero-order valence-electron chi connectivity index (χ0n) is 12.6. The molecule has 1 aromatic carbocycles. The van der Waals surface area contributed by atoms with Gasteiger partial charge in [-0.25, -0.2) is 4.39 Å². The summed E-state index contributed by atoms with van der Waals surface area (Å²) in [7, 11) is 0. The molecule has 0 aliphatic carbocycles. The first kappa shape index (κ1) is 18.9. The van der Waals surface area contributed by atoms with Gasteiger partial charge in [-0.1, -0.05) is 48.2 Å². The van der Waals surface area contributed by atoms with Crippen LogP contribution in [0.3, 0.4) is 0 Å². The van der Waals surface area contributed by atoms with Gasteiger partial charge in [0.05, 0.1) is 0 Å². The van der Waals surface area contributed by atoms with Gasteiger partial charge < -0.3 is 5.32 Å². The molecule has 2 nitrogen and oxygen atoms in total. The van der Waals surface area contributed by atoms with Crippen LogP contribution >= 0.6 is 28.3 Å². The van der Waals surface area contributed by atoms with Gasteiger partial charge in [-0.15, -0.1) is 12.4 Å². The molecular weight excluding hydrogens is 355 g/mol. The summed E-state index contributed by atoms with van der Waals surface area (Å²) in [5.74, 6) is -0.0839. The van der Waals surface area contributed by atoms with Crippen LogP contribution in [0.1, 0.15) is 44.2 Å². The van der Waals surface area contributed by atoms with E-state index in [1.54, 1.807) is 6.07 Å². The molecular formula is C16H25BrClFN2. The number of nitrogens with one attached hydrogen (secondary N) is 1. The molecule has 1 fully saturated rings. The molecule has 0 unspecified atom stereocenters. The average Bonchev–Trinajstić information content (AvgIpc) is 2.46. The molecule has 0 aromatic heterocycles. The summed E-state index contributed by atoms with van der Waals surface area (Å²) in [5.41, 5.74) is 0.853. The SMILES string of the molecule is CCCCC[C@H](c1ccc(Br)cc1F)N1CCNCC1.Cl. The fourth-order valence-corrected chi connectivity index (χ4v) is 3.22. The molecule has 1 aromatic rings. The van der Waals surface area contributed by atoms with E-state index in [-0.39, 0.29) is 24.3 Å². The van der Waals surface area contributed by atoms with Crippen molar-refractivity contribution >= 4 is 28.3 Å². The van der Waals surface area contributed by atoms with Gasteiger partial charge in [0.15, 0.2) is 0 Å². The molecule has 0 bridgehead atoms. The van der Waals surface area contributed by atoms with Crippen molar-refractivity contribution in [1.82, 2.24) is 10.2 Å². The highest BCUT2D eigenvalue weighted by atomic mass is 79.9. The lowest BCUT2D eigenvalue weighted by molar-refractivity contribution is 0.159. The fourth-order valence-electron chi connectivity index (χ4n) is 2.89. The summed E-state index contributed by atoms with van der Waals surface area (Å²) in [6.45, 7) is 6.23. The lowest BCUT2D eigenvalue weighted by atomic mass is 9.97. The average molecular weight is 380 g/mol. The third-order valence-electron chi connectivity index (χ3n) is 3.99. The monoisotopic (exact) mass is 378 g/mol. The van der Waals surface area contributed by atoms with E-state index in [0.29, 0.717) is 0 Å². The lowest BCUT2D eigenvalue weighted by Crippen LogP contribution is -2.45. The van der Waals surface area contributed by atoms with Gasteiger partial charge in [0.1, 0.15) is 5.82 Å². The van der Waals surface area contributed by atoms with Crippen molar-refractivity contribution < 1.29 is 4.39 Å². The standard InChI is InChI=1S/C16H24BrFN2.ClH/c1-2-3-4-5-16(20-10-8-19-9-11-20)14-7-6-13(17)12-15(14)18;/h6-7,12,16,19H,2-5,8-11H2,1H3;1H/t16-;/m1./s1. The second-order valence-electron chi connectivity index (χ2n) is 5.46. The van der Waals surface area contributed by atoms with Crippen LogP contribution in [0.4, 0.5) is 4.39 Å². The maximum absolute atomic E-state index is 14.3. The zero-order chi connectivity index (χ0) is 14.4. The van der Waals surface area contributed by atoms with E-state index < -0.39 is 0 Å². The highest BCUT2D eigenvalue weighted by molar-refractivity contribution is 9.10. The molecule has 2 rings (SSSR count). The topological polar surface area (TPSA) is 15.3 Å². The number of hydrogen-bond donors (Lipinski definition) is 1. The van der Waals surface area contributed by atoms with Crippen molar-refractivity contribution in [3.8, 4) is 0 Å². The molecule has 5 heteroatoms. The van der Waals surface area contributed by atoms with Gasteiger partial charge in [-0.05, 0) is 18.6 Å². The molecule has 1 saturated heterocycles. The molecule has 0 spiro atoms. The van der Waals surface area contributed by atoms with Crippen LogP contribution in [-0.2, 0) is 0 Å². The molecule has 0 saturated carbocycles. The number of unbranched alkanes of at least 4 members (excludes halogenated alkanes) is 2. The highest BCUT2D eigenvalue weighted by Gasteiger charge is 2.24. The van der Waals surface area contributed by atoms with E-state index in [2.05, 4.69) is 33.1 Å². The Balaban J connectivity index is 0.00000220. The van der Waals surface area contributed by atoms with E-state index in [9.17, 15) is 4.39 Å². The van der Waals surface area contributed by atoms with Crippen LogP contribution in [0.15, 0.2) is 22.7 Å². The second-order valence-corrected chi connectivity index (χ2v) is 6.38. The fraction of sp³-hybridized carbons (Fsp3) is 0.625. The van der Waals surface area contributed by atoms with E-state index in [4.69, 9.17) is 0 Å². The molecule has 1 N–H and O–H groups in total. The van der Waals surface area contributed by atoms with Gasteiger partial charge >= 0.3 is 0 Å². The van der Waals surface area contributed by atoms with Crippen molar-refractivity contribution in [1.29, 1.82) is 0 Å². The normalized spacial score (nSPS) is 17.3. The first-order valence-corrected chi connectivity index (χ1v) is 8.41. The maximum atomic E-state index is 14.3. The van der Waals surface area contributed by atoms with Crippen LogP contribution < -0.4 is 5.32 Å². The lowest BCUT2D eigenvalue weighted by Gasteiger charge is -2.35. The van der Waals surface area contributed by atoms with E-state index in [1.807, 2.05) is 12.1 Å². The number of hydrogen-bond acceptors (Lipinski definition) is 2. The van der Waals surface area contributed by atoms with E-state index in [1.165, 1.54) is 19.3 Å². The predicted octanol–water partition coefficient (Wildman–Crippen LogP) is 4.54. The zero-order valence-corrected chi connectivity index (χ0v) is 15.0. The first-order valence-electron chi connectivity index (χ1n) is 7.62. The number of piperazine rings is 1. The third-order valence-corrected chi connectivity index (χ3v) is 4.49. The summed E-state index contributed by atoms with van der Waals surface area (Å²) < 4.78 is 15.1. The van der Waals surface area contributed by atoms with Gasteiger partial charge in [0, 0.05) is 42.3 Å².